The van der Waals surface area contributed by atoms with Crippen LogP contribution < -0.4 is 21.7 Å². The Balaban J connectivity index is 4.94. The topological polar surface area (TPSA) is 151 Å². The Morgan fingerprint density at radius 2 is 1.23 bits per heavy atom. The molecular formula is C15H28N4O5S2. The zero-order valence-electron chi connectivity index (χ0n) is 15.1. The van der Waals surface area contributed by atoms with E-state index in [9.17, 15) is 24.3 Å². The predicted molar refractivity (Wildman–Crippen MR) is 104 cm³/mol. The Morgan fingerprint density at radius 3 is 1.54 bits per heavy atom. The zero-order chi connectivity index (χ0) is 20.4. The van der Waals surface area contributed by atoms with Gasteiger partial charge in [0.1, 0.15) is 18.1 Å². The highest BCUT2D eigenvalue weighted by Crippen LogP contribution is 2.06. The summed E-state index contributed by atoms with van der Waals surface area (Å²) < 4.78 is 0. The van der Waals surface area contributed by atoms with Gasteiger partial charge in [-0.25, -0.2) is 4.79 Å². The number of carbonyl (C=O) groups excluding carboxylic acids is 3. The molecular weight excluding hydrogens is 380 g/mol. The molecule has 0 aliphatic carbocycles. The molecule has 0 aromatic heterocycles. The highest BCUT2D eigenvalue weighted by molar-refractivity contribution is 7.80. The molecule has 4 atom stereocenters. The molecule has 3 amide bonds. The first-order valence-corrected chi connectivity index (χ1v) is 9.41. The molecule has 4 unspecified atom stereocenters. The first kappa shape index (κ1) is 24.5. The van der Waals surface area contributed by atoms with E-state index in [1.165, 1.54) is 6.92 Å². The summed E-state index contributed by atoms with van der Waals surface area (Å²) in [5.74, 6) is -3.00. The first-order valence-electron chi connectivity index (χ1n) is 8.14. The van der Waals surface area contributed by atoms with Crippen molar-refractivity contribution in [2.75, 3.05) is 11.5 Å². The second-order valence-electron chi connectivity index (χ2n) is 6.31. The highest BCUT2D eigenvalue weighted by Gasteiger charge is 2.29. The smallest absolute Gasteiger partial charge is 0.326 e. The average Bonchev–Trinajstić information content (AvgIpc) is 2.55. The van der Waals surface area contributed by atoms with Crippen molar-refractivity contribution in [2.24, 2.45) is 11.7 Å². The molecule has 11 heteroatoms. The molecule has 0 aromatic rings. The summed E-state index contributed by atoms with van der Waals surface area (Å²) in [7, 11) is 0. The number of hydrogen-bond acceptors (Lipinski definition) is 7. The fourth-order valence-electron chi connectivity index (χ4n) is 1.93. The van der Waals surface area contributed by atoms with E-state index in [0.29, 0.717) is 0 Å². The summed E-state index contributed by atoms with van der Waals surface area (Å²) in [5, 5.41) is 16.4. The third-order valence-electron chi connectivity index (χ3n) is 3.37. The summed E-state index contributed by atoms with van der Waals surface area (Å²) in [6.45, 7) is 5.13. The summed E-state index contributed by atoms with van der Waals surface area (Å²) in [6.07, 6.45) is 0.248. The molecule has 9 nitrogen and oxygen atoms in total. The Morgan fingerprint density at radius 1 is 0.846 bits per heavy atom. The Bertz CT molecular complexity index is 516. The standard InChI is InChI=1S/C15H28N4O5S2/c1-7(2)4-9(15(23)24)17-13(21)11(6-26)19-14(22)10(5-25)18-12(20)8(3)16/h7-11,25-26H,4-6,16H2,1-3H3,(H,17,21)(H,18,20)(H,19,22)(H,23,24). The van der Waals surface area contributed by atoms with Gasteiger partial charge in [0.15, 0.2) is 0 Å². The maximum atomic E-state index is 12.3. The van der Waals surface area contributed by atoms with Gasteiger partial charge in [-0.3, -0.25) is 14.4 Å². The fourth-order valence-corrected chi connectivity index (χ4v) is 2.44. The molecule has 0 aromatic carbocycles. The lowest BCUT2D eigenvalue weighted by molar-refractivity contribution is -0.142. The molecule has 26 heavy (non-hydrogen) atoms. The van der Waals surface area contributed by atoms with Crippen molar-refractivity contribution in [3.05, 3.63) is 0 Å². The molecule has 0 spiro atoms. The lowest BCUT2D eigenvalue weighted by Crippen LogP contribution is -2.58. The first-order chi connectivity index (χ1) is 12.0. The van der Waals surface area contributed by atoms with Gasteiger partial charge in [0.2, 0.25) is 17.7 Å². The molecule has 0 rings (SSSR count). The van der Waals surface area contributed by atoms with Crippen LogP contribution in [-0.4, -0.2) is 64.5 Å². The molecule has 0 fully saturated rings. The molecule has 0 saturated heterocycles. The van der Waals surface area contributed by atoms with E-state index in [0.717, 1.165) is 0 Å². The van der Waals surface area contributed by atoms with Crippen LogP contribution in [0.1, 0.15) is 27.2 Å². The van der Waals surface area contributed by atoms with Crippen LogP contribution in [-0.2, 0) is 19.2 Å². The molecule has 0 aliphatic rings. The summed E-state index contributed by atoms with van der Waals surface area (Å²) in [5.41, 5.74) is 5.44. The van der Waals surface area contributed by atoms with Crippen LogP contribution in [0.5, 0.6) is 0 Å². The molecule has 0 radical (unpaired) electrons. The van der Waals surface area contributed by atoms with Crippen molar-refractivity contribution in [2.45, 2.75) is 51.4 Å². The van der Waals surface area contributed by atoms with E-state index >= 15 is 0 Å². The minimum atomic E-state index is -1.16. The van der Waals surface area contributed by atoms with Gasteiger partial charge in [0.05, 0.1) is 6.04 Å². The summed E-state index contributed by atoms with van der Waals surface area (Å²) >= 11 is 8.03. The highest BCUT2D eigenvalue weighted by atomic mass is 32.1. The minimum Gasteiger partial charge on any atom is -0.480 e. The van der Waals surface area contributed by atoms with Crippen LogP contribution in [0.15, 0.2) is 0 Å². The number of nitrogens with two attached hydrogens (primary N) is 1. The van der Waals surface area contributed by atoms with Gasteiger partial charge in [-0.1, -0.05) is 13.8 Å². The minimum absolute atomic E-state index is 0.00367. The SMILES string of the molecule is CC(C)CC(NC(=O)C(CS)NC(=O)C(CS)NC(=O)C(C)N)C(=O)O. The fraction of sp³-hybridized carbons (Fsp3) is 0.733. The predicted octanol–water partition coefficient (Wildman–Crippen LogP) is -1.22. The van der Waals surface area contributed by atoms with E-state index < -0.39 is 47.9 Å². The van der Waals surface area contributed by atoms with Gasteiger partial charge in [0, 0.05) is 11.5 Å². The van der Waals surface area contributed by atoms with Gasteiger partial charge >= 0.3 is 5.97 Å². The number of amides is 3. The quantitative estimate of drug-likeness (QED) is 0.213. The van der Waals surface area contributed by atoms with Crippen molar-refractivity contribution >= 4 is 48.9 Å². The third kappa shape index (κ3) is 8.77. The van der Waals surface area contributed by atoms with E-state index in [-0.39, 0.29) is 23.8 Å². The number of nitrogens with one attached hydrogen (secondary N) is 3. The van der Waals surface area contributed by atoms with E-state index in [4.69, 9.17) is 5.73 Å². The largest absolute Gasteiger partial charge is 0.480 e. The Hall–Kier alpha value is -1.46. The number of thiol groups is 2. The lowest BCUT2D eigenvalue weighted by atomic mass is 10.0. The Kier molecular flexibility index (Phi) is 11.3. The van der Waals surface area contributed by atoms with Crippen LogP contribution in [0, 0.1) is 5.92 Å². The van der Waals surface area contributed by atoms with E-state index in [1.807, 2.05) is 13.8 Å². The van der Waals surface area contributed by atoms with Crippen LogP contribution in [0.3, 0.4) is 0 Å². The average molecular weight is 409 g/mol. The maximum Gasteiger partial charge on any atom is 0.326 e. The lowest BCUT2D eigenvalue weighted by Gasteiger charge is -2.23. The van der Waals surface area contributed by atoms with Gasteiger partial charge in [-0.2, -0.15) is 25.3 Å². The van der Waals surface area contributed by atoms with Crippen molar-refractivity contribution in [3.63, 3.8) is 0 Å². The third-order valence-corrected chi connectivity index (χ3v) is 4.10. The van der Waals surface area contributed by atoms with E-state index in [2.05, 4.69) is 41.2 Å². The summed E-state index contributed by atoms with van der Waals surface area (Å²) in [6, 6.07) is -3.92. The van der Waals surface area contributed by atoms with Crippen LogP contribution in [0.25, 0.3) is 0 Å². The van der Waals surface area contributed by atoms with Crippen molar-refractivity contribution in [3.8, 4) is 0 Å². The number of carbonyl (C=O) groups is 4. The van der Waals surface area contributed by atoms with E-state index in [1.54, 1.807) is 0 Å². The van der Waals surface area contributed by atoms with Gasteiger partial charge in [-0.05, 0) is 19.3 Å². The molecule has 0 aliphatic heterocycles. The number of rotatable bonds is 11. The molecule has 150 valence electrons. The van der Waals surface area contributed by atoms with Gasteiger partial charge in [0.25, 0.3) is 0 Å². The van der Waals surface area contributed by atoms with Crippen LogP contribution in [0.4, 0.5) is 0 Å². The summed E-state index contributed by atoms with van der Waals surface area (Å²) in [4.78, 5) is 47.4. The van der Waals surface area contributed by atoms with Crippen molar-refractivity contribution in [1.82, 2.24) is 16.0 Å². The molecule has 0 heterocycles. The second kappa shape index (κ2) is 12.0. The number of carboxylic acid groups (broad SMARTS) is 1. The zero-order valence-corrected chi connectivity index (χ0v) is 16.8. The monoisotopic (exact) mass is 408 g/mol. The number of aliphatic carboxylic acids is 1. The van der Waals surface area contributed by atoms with Gasteiger partial charge in [-0.15, -0.1) is 0 Å². The van der Waals surface area contributed by atoms with Gasteiger partial charge < -0.3 is 26.8 Å². The molecule has 0 bridgehead atoms. The normalized spacial score (nSPS) is 15.5. The number of carboxylic acids is 1. The molecule has 0 saturated carbocycles. The van der Waals surface area contributed by atoms with Crippen LogP contribution in [0.2, 0.25) is 0 Å². The van der Waals surface area contributed by atoms with Crippen molar-refractivity contribution < 1.29 is 24.3 Å². The second-order valence-corrected chi connectivity index (χ2v) is 7.04. The number of hydrogen-bond donors (Lipinski definition) is 7. The Labute approximate surface area is 164 Å². The maximum absolute atomic E-state index is 12.3. The molecule has 6 N–H and O–H groups in total. The van der Waals surface area contributed by atoms with Crippen molar-refractivity contribution in [1.29, 1.82) is 0 Å². The van der Waals surface area contributed by atoms with Crippen LogP contribution >= 0.6 is 25.3 Å².